The van der Waals surface area contributed by atoms with Gasteiger partial charge in [-0.3, -0.25) is 0 Å². The molecule has 2 heterocycles. The van der Waals surface area contributed by atoms with Crippen LogP contribution in [0.25, 0.3) is 10.6 Å². The molecule has 0 radical (unpaired) electrons. The van der Waals surface area contributed by atoms with Crippen LogP contribution in [0.3, 0.4) is 0 Å². The van der Waals surface area contributed by atoms with Crippen LogP contribution in [0.1, 0.15) is 0 Å². The predicted molar refractivity (Wildman–Crippen MR) is 82.9 cm³/mol. The van der Waals surface area contributed by atoms with Crippen LogP contribution in [0.2, 0.25) is 0 Å². The summed E-state index contributed by atoms with van der Waals surface area (Å²) >= 11 is 6.77. The van der Waals surface area contributed by atoms with E-state index in [9.17, 15) is 0 Å². The van der Waals surface area contributed by atoms with Crippen molar-refractivity contribution in [1.29, 1.82) is 0 Å². The largest absolute Gasteiger partial charge is 0.332 e. The monoisotopic (exact) mass is 336 g/mol. The molecule has 0 aliphatic heterocycles. The highest BCUT2D eigenvalue weighted by Crippen LogP contribution is 2.32. The van der Waals surface area contributed by atoms with Gasteiger partial charge in [-0.25, -0.2) is 4.98 Å². The number of para-hydroxylation sites is 1. The van der Waals surface area contributed by atoms with Gasteiger partial charge in [0.15, 0.2) is 5.13 Å². The van der Waals surface area contributed by atoms with Crippen LogP contribution in [0.5, 0.6) is 0 Å². The maximum Gasteiger partial charge on any atom is 0.187 e. The number of hydrogen-bond donors (Lipinski definition) is 1. The van der Waals surface area contributed by atoms with Gasteiger partial charge in [0.1, 0.15) is 0 Å². The molecule has 0 unspecified atom stereocenters. The lowest BCUT2D eigenvalue weighted by Crippen LogP contribution is -1.88. The molecule has 5 heteroatoms. The molecule has 18 heavy (non-hydrogen) atoms. The van der Waals surface area contributed by atoms with Gasteiger partial charge in [0.25, 0.3) is 0 Å². The molecular formula is C13H9BrN2S2. The van der Waals surface area contributed by atoms with Crippen molar-refractivity contribution >= 4 is 49.4 Å². The van der Waals surface area contributed by atoms with E-state index in [1.165, 1.54) is 4.88 Å². The number of rotatable bonds is 3. The zero-order valence-electron chi connectivity index (χ0n) is 9.26. The van der Waals surface area contributed by atoms with Crippen molar-refractivity contribution in [3.63, 3.8) is 0 Å². The molecule has 2 nitrogen and oxygen atoms in total. The van der Waals surface area contributed by atoms with Gasteiger partial charge in [0.2, 0.25) is 0 Å². The summed E-state index contributed by atoms with van der Waals surface area (Å²) in [5, 5.41) is 8.36. The Kier molecular flexibility index (Phi) is 3.45. The van der Waals surface area contributed by atoms with E-state index in [4.69, 9.17) is 0 Å². The average molecular weight is 337 g/mol. The number of aromatic nitrogens is 1. The number of halogens is 1. The van der Waals surface area contributed by atoms with Gasteiger partial charge in [0, 0.05) is 20.9 Å². The highest BCUT2D eigenvalue weighted by Gasteiger charge is 2.06. The Hall–Kier alpha value is -1.17. The molecule has 1 aromatic carbocycles. The quantitative estimate of drug-likeness (QED) is 0.694. The molecule has 0 aliphatic rings. The topological polar surface area (TPSA) is 24.9 Å². The van der Waals surface area contributed by atoms with Gasteiger partial charge in [-0.15, -0.1) is 22.7 Å². The van der Waals surface area contributed by atoms with Gasteiger partial charge in [-0.05, 0) is 34.1 Å². The maximum atomic E-state index is 4.59. The Morgan fingerprint density at radius 1 is 1.06 bits per heavy atom. The Bertz CT molecular complexity index is 646. The minimum atomic E-state index is 0.917. The minimum Gasteiger partial charge on any atom is -0.332 e. The van der Waals surface area contributed by atoms with Crippen molar-refractivity contribution in [2.45, 2.75) is 0 Å². The SMILES string of the molecule is Brc1csc(-c2csc(Nc3ccccc3)n2)c1. The first-order valence-corrected chi connectivity index (χ1v) is 7.88. The third kappa shape index (κ3) is 2.63. The third-order valence-corrected chi connectivity index (χ3v) is 4.82. The number of nitrogens with one attached hydrogen (secondary N) is 1. The van der Waals surface area contributed by atoms with Crippen molar-refractivity contribution in [3.8, 4) is 10.6 Å². The standard InChI is InChI=1S/C13H9BrN2S2/c14-9-6-12(17-7-9)11-8-18-13(16-11)15-10-4-2-1-3-5-10/h1-8H,(H,15,16). The van der Waals surface area contributed by atoms with Crippen LogP contribution in [0, 0.1) is 0 Å². The van der Waals surface area contributed by atoms with E-state index < -0.39 is 0 Å². The number of nitrogens with zero attached hydrogens (tertiary/aromatic N) is 1. The van der Waals surface area contributed by atoms with E-state index in [0.29, 0.717) is 0 Å². The molecular weight excluding hydrogens is 328 g/mol. The van der Waals surface area contributed by atoms with Crippen LogP contribution in [0.15, 0.2) is 51.6 Å². The van der Waals surface area contributed by atoms with E-state index in [0.717, 1.165) is 21.0 Å². The van der Waals surface area contributed by atoms with Gasteiger partial charge in [-0.1, -0.05) is 18.2 Å². The summed E-state index contributed by atoms with van der Waals surface area (Å²) in [6.07, 6.45) is 0. The summed E-state index contributed by atoms with van der Waals surface area (Å²) < 4.78 is 1.10. The van der Waals surface area contributed by atoms with E-state index in [-0.39, 0.29) is 0 Å². The first kappa shape index (κ1) is 11.9. The number of hydrogen-bond acceptors (Lipinski definition) is 4. The van der Waals surface area contributed by atoms with E-state index in [2.05, 4.69) is 43.1 Å². The summed E-state index contributed by atoms with van der Waals surface area (Å²) in [5.74, 6) is 0. The predicted octanol–water partition coefficient (Wildman–Crippen LogP) is 5.38. The molecule has 0 spiro atoms. The normalized spacial score (nSPS) is 10.5. The van der Waals surface area contributed by atoms with Gasteiger partial charge in [0.05, 0.1) is 10.6 Å². The van der Waals surface area contributed by atoms with E-state index in [1.807, 2.05) is 30.3 Å². The lowest BCUT2D eigenvalue weighted by molar-refractivity contribution is 1.40. The average Bonchev–Trinajstić information content (AvgIpc) is 2.99. The van der Waals surface area contributed by atoms with Crippen molar-refractivity contribution in [3.05, 3.63) is 51.6 Å². The van der Waals surface area contributed by atoms with Gasteiger partial charge >= 0.3 is 0 Å². The number of anilines is 2. The zero-order valence-corrected chi connectivity index (χ0v) is 12.5. The van der Waals surface area contributed by atoms with Crippen molar-refractivity contribution in [2.24, 2.45) is 0 Å². The lowest BCUT2D eigenvalue weighted by atomic mass is 10.3. The van der Waals surface area contributed by atoms with Crippen LogP contribution in [0.4, 0.5) is 10.8 Å². The van der Waals surface area contributed by atoms with Crippen molar-refractivity contribution in [1.82, 2.24) is 4.98 Å². The fraction of sp³-hybridized carbons (Fsp3) is 0. The molecule has 3 rings (SSSR count). The molecule has 0 atom stereocenters. The van der Waals surface area contributed by atoms with Crippen LogP contribution >= 0.6 is 38.6 Å². The summed E-state index contributed by atoms with van der Waals surface area (Å²) in [6, 6.07) is 12.2. The Morgan fingerprint density at radius 2 is 1.89 bits per heavy atom. The maximum absolute atomic E-state index is 4.59. The van der Waals surface area contributed by atoms with E-state index in [1.54, 1.807) is 22.7 Å². The second-order valence-corrected chi connectivity index (χ2v) is 6.34. The smallest absolute Gasteiger partial charge is 0.187 e. The third-order valence-electron chi connectivity index (χ3n) is 2.35. The fourth-order valence-corrected chi connectivity index (χ4v) is 3.73. The van der Waals surface area contributed by atoms with Crippen molar-refractivity contribution < 1.29 is 0 Å². The van der Waals surface area contributed by atoms with Crippen LogP contribution in [-0.2, 0) is 0 Å². The molecule has 0 amide bonds. The van der Waals surface area contributed by atoms with Crippen molar-refractivity contribution in [2.75, 3.05) is 5.32 Å². The molecule has 0 bridgehead atoms. The highest BCUT2D eigenvalue weighted by molar-refractivity contribution is 9.10. The van der Waals surface area contributed by atoms with E-state index >= 15 is 0 Å². The number of thiazole rings is 1. The molecule has 0 aliphatic carbocycles. The summed E-state index contributed by atoms with van der Waals surface area (Å²) in [6.45, 7) is 0. The number of thiophene rings is 1. The second kappa shape index (κ2) is 5.22. The first-order chi connectivity index (χ1) is 8.81. The molecule has 3 aromatic rings. The molecule has 1 N–H and O–H groups in total. The second-order valence-electron chi connectivity index (χ2n) is 3.66. The Balaban J connectivity index is 1.82. The fourth-order valence-electron chi connectivity index (χ4n) is 1.54. The molecule has 90 valence electrons. The van der Waals surface area contributed by atoms with Gasteiger partial charge < -0.3 is 5.32 Å². The summed E-state index contributed by atoms with van der Waals surface area (Å²) in [4.78, 5) is 5.77. The van der Waals surface area contributed by atoms with Gasteiger partial charge in [-0.2, -0.15) is 0 Å². The number of benzene rings is 1. The highest BCUT2D eigenvalue weighted by atomic mass is 79.9. The Morgan fingerprint density at radius 3 is 2.61 bits per heavy atom. The minimum absolute atomic E-state index is 0.917. The molecule has 0 saturated heterocycles. The molecule has 0 fully saturated rings. The van der Waals surface area contributed by atoms with Crippen LogP contribution < -0.4 is 5.32 Å². The summed E-state index contributed by atoms with van der Waals surface area (Å²) in [7, 11) is 0. The molecule has 2 aromatic heterocycles. The van der Waals surface area contributed by atoms with Crippen LogP contribution in [-0.4, -0.2) is 4.98 Å². The first-order valence-electron chi connectivity index (χ1n) is 5.33. The Labute approximate surface area is 121 Å². The molecule has 0 saturated carbocycles. The zero-order chi connectivity index (χ0) is 12.4. The lowest BCUT2D eigenvalue weighted by Gasteiger charge is -2.00. The summed E-state index contributed by atoms with van der Waals surface area (Å²) in [5.41, 5.74) is 2.08.